The number of benzene rings is 9. The van der Waals surface area contributed by atoms with Crippen LogP contribution in [0, 0.1) is 0 Å². The SMILES string of the molecule is c1ccc(-c2ccccc2-c2ccccc2-c2ccccc2N(c2ccc(-c3cccc4oc5ccccc5c34)cc2)c2cccc3oc4ccccc4c23)cc1. The summed E-state index contributed by atoms with van der Waals surface area (Å²) in [7, 11) is 0. The summed E-state index contributed by atoms with van der Waals surface area (Å²) >= 11 is 0. The van der Waals surface area contributed by atoms with E-state index in [1.165, 1.54) is 22.3 Å². The molecular weight excluding hydrogens is 695 g/mol. The number of nitrogens with zero attached hydrogens (tertiary/aromatic N) is 1. The van der Waals surface area contributed by atoms with Gasteiger partial charge in [-0.2, -0.15) is 0 Å². The van der Waals surface area contributed by atoms with Gasteiger partial charge in [-0.25, -0.2) is 0 Å². The first kappa shape index (κ1) is 32.8. The Kier molecular flexibility index (Phi) is 7.82. The van der Waals surface area contributed by atoms with E-state index in [1.807, 2.05) is 24.3 Å². The maximum absolute atomic E-state index is 6.47. The van der Waals surface area contributed by atoms with Crippen LogP contribution in [0.2, 0.25) is 0 Å². The van der Waals surface area contributed by atoms with Crippen molar-refractivity contribution >= 4 is 60.9 Å². The first-order chi connectivity index (χ1) is 28.3. The van der Waals surface area contributed by atoms with Gasteiger partial charge in [-0.3, -0.25) is 0 Å². The minimum Gasteiger partial charge on any atom is -0.456 e. The lowest BCUT2D eigenvalue weighted by Gasteiger charge is -2.29. The maximum atomic E-state index is 6.47. The van der Waals surface area contributed by atoms with Gasteiger partial charge in [-0.15, -0.1) is 0 Å². The van der Waals surface area contributed by atoms with Crippen LogP contribution in [0.3, 0.4) is 0 Å². The summed E-state index contributed by atoms with van der Waals surface area (Å²) in [4.78, 5) is 2.40. The molecule has 0 atom stereocenters. The summed E-state index contributed by atoms with van der Waals surface area (Å²) in [6, 6.07) is 75.2. The molecule has 0 unspecified atom stereocenters. The topological polar surface area (TPSA) is 29.5 Å². The molecule has 57 heavy (non-hydrogen) atoms. The Labute approximate surface area is 330 Å². The lowest BCUT2D eigenvalue weighted by molar-refractivity contribution is 0.668. The van der Waals surface area contributed by atoms with Crippen molar-refractivity contribution in [3.63, 3.8) is 0 Å². The second kappa shape index (κ2) is 13.6. The molecule has 11 rings (SSSR count). The van der Waals surface area contributed by atoms with Crippen LogP contribution in [-0.4, -0.2) is 0 Å². The predicted octanol–water partition coefficient (Wildman–Crippen LogP) is 15.6. The fourth-order valence-corrected chi connectivity index (χ4v) is 8.59. The summed E-state index contributed by atoms with van der Waals surface area (Å²) in [6.45, 7) is 0. The number of rotatable bonds is 7. The van der Waals surface area contributed by atoms with Gasteiger partial charge in [-0.1, -0.05) is 164 Å². The number of hydrogen-bond acceptors (Lipinski definition) is 3. The largest absolute Gasteiger partial charge is 0.456 e. The molecule has 11 aromatic rings. The van der Waals surface area contributed by atoms with E-state index in [2.05, 4.69) is 193 Å². The van der Waals surface area contributed by atoms with Crippen molar-refractivity contribution in [3.05, 3.63) is 212 Å². The van der Waals surface area contributed by atoms with Crippen molar-refractivity contribution in [2.24, 2.45) is 0 Å². The second-order valence-corrected chi connectivity index (χ2v) is 14.4. The molecule has 3 heteroatoms. The number of para-hydroxylation sites is 3. The van der Waals surface area contributed by atoms with Crippen molar-refractivity contribution in [2.75, 3.05) is 4.90 Å². The molecule has 0 amide bonds. The molecule has 0 saturated carbocycles. The molecule has 0 saturated heterocycles. The summed E-state index contributed by atoms with van der Waals surface area (Å²) in [6.07, 6.45) is 0. The van der Waals surface area contributed by atoms with Crippen LogP contribution in [0.5, 0.6) is 0 Å². The smallest absolute Gasteiger partial charge is 0.137 e. The highest BCUT2D eigenvalue weighted by molar-refractivity contribution is 6.15. The zero-order valence-electron chi connectivity index (χ0n) is 31.0. The van der Waals surface area contributed by atoms with Crippen LogP contribution in [-0.2, 0) is 0 Å². The minimum atomic E-state index is 0.850. The van der Waals surface area contributed by atoms with Crippen molar-refractivity contribution in [3.8, 4) is 44.5 Å². The number of fused-ring (bicyclic) bond motifs is 6. The molecule has 9 aromatic carbocycles. The Balaban J connectivity index is 1.13. The molecule has 0 fully saturated rings. The van der Waals surface area contributed by atoms with Gasteiger partial charge in [-0.05, 0) is 87.5 Å². The molecule has 268 valence electrons. The first-order valence-corrected chi connectivity index (χ1v) is 19.3. The fourth-order valence-electron chi connectivity index (χ4n) is 8.59. The summed E-state index contributed by atoms with van der Waals surface area (Å²) in [5.41, 5.74) is 15.9. The summed E-state index contributed by atoms with van der Waals surface area (Å²) < 4.78 is 12.7. The molecule has 3 nitrogen and oxygen atoms in total. The summed E-state index contributed by atoms with van der Waals surface area (Å²) in [5, 5.41) is 4.40. The minimum absolute atomic E-state index is 0.850. The van der Waals surface area contributed by atoms with Gasteiger partial charge in [0.05, 0.1) is 16.8 Å². The van der Waals surface area contributed by atoms with E-state index < -0.39 is 0 Å². The maximum Gasteiger partial charge on any atom is 0.137 e. The van der Waals surface area contributed by atoms with Crippen molar-refractivity contribution in [2.45, 2.75) is 0 Å². The van der Waals surface area contributed by atoms with E-state index in [-0.39, 0.29) is 0 Å². The molecular formula is C54H35NO2. The van der Waals surface area contributed by atoms with Crippen molar-refractivity contribution in [1.29, 1.82) is 0 Å². The average Bonchev–Trinajstić information content (AvgIpc) is 3.87. The molecule has 0 radical (unpaired) electrons. The highest BCUT2D eigenvalue weighted by Crippen LogP contribution is 2.48. The van der Waals surface area contributed by atoms with E-state index in [0.29, 0.717) is 0 Å². The molecule has 2 heterocycles. The normalized spacial score (nSPS) is 11.5. The number of hydrogen-bond donors (Lipinski definition) is 0. The standard InChI is InChI=1S/C54H35NO2/c1-2-16-36(17-3-1)39-18-4-5-19-41(39)42-20-6-7-21-43(42)44-22-8-11-26-47(44)55(48-27-15-31-52-54(48)46-24-10-13-29-50(46)57-52)38-34-32-37(33-35-38)40-25-14-30-51-53(40)45-23-9-12-28-49(45)56-51/h1-35H. The molecule has 0 aliphatic rings. The Morgan fingerprint density at radius 3 is 1.40 bits per heavy atom. The summed E-state index contributed by atoms with van der Waals surface area (Å²) in [5.74, 6) is 0. The van der Waals surface area contributed by atoms with Crippen molar-refractivity contribution < 1.29 is 8.83 Å². The molecule has 0 N–H and O–H groups in total. The highest BCUT2D eigenvalue weighted by Gasteiger charge is 2.24. The number of anilines is 3. The van der Waals surface area contributed by atoms with Gasteiger partial charge < -0.3 is 13.7 Å². The predicted molar refractivity (Wildman–Crippen MR) is 237 cm³/mol. The lowest BCUT2D eigenvalue weighted by atomic mass is 9.88. The molecule has 0 aliphatic heterocycles. The monoisotopic (exact) mass is 729 g/mol. The van der Waals surface area contributed by atoms with Crippen LogP contribution in [0.15, 0.2) is 221 Å². The third-order valence-corrected chi connectivity index (χ3v) is 11.1. The number of furan rings is 2. The van der Waals surface area contributed by atoms with Gasteiger partial charge in [0.1, 0.15) is 22.3 Å². The zero-order valence-corrected chi connectivity index (χ0v) is 31.0. The zero-order chi connectivity index (χ0) is 37.7. The van der Waals surface area contributed by atoms with Gasteiger partial charge in [0.2, 0.25) is 0 Å². The van der Waals surface area contributed by atoms with Gasteiger partial charge in [0.25, 0.3) is 0 Å². The van der Waals surface area contributed by atoms with Crippen LogP contribution in [0.25, 0.3) is 88.4 Å². The Morgan fingerprint density at radius 1 is 0.263 bits per heavy atom. The molecule has 2 aromatic heterocycles. The first-order valence-electron chi connectivity index (χ1n) is 19.3. The second-order valence-electron chi connectivity index (χ2n) is 14.4. The van der Waals surface area contributed by atoms with E-state index in [9.17, 15) is 0 Å². The van der Waals surface area contributed by atoms with E-state index in [0.717, 1.165) is 83.2 Å². The van der Waals surface area contributed by atoms with Crippen molar-refractivity contribution in [1.82, 2.24) is 0 Å². The van der Waals surface area contributed by atoms with Gasteiger partial charge in [0, 0.05) is 27.4 Å². The molecule has 0 spiro atoms. The molecule has 0 aliphatic carbocycles. The third kappa shape index (κ3) is 5.51. The third-order valence-electron chi connectivity index (χ3n) is 11.1. The fraction of sp³-hybridized carbons (Fsp3) is 0. The Morgan fingerprint density at radius 2 is 0.702 bits per heavy atom. The van der Waals surface area contributed by atoms with Gasteiger partial charge in [0.15, 0.2) is 0 Å². The Hall–Kier alpha value is -7.62. The highest BCUT2D eigenvalue weighted by atomic mass is 16.3. The molecule has 0 bridgehead atoms. The van der Waals surface area contributed by atoms with Crippen LogP contribution < -0.4 is 4.90 Å². The van der Waals surface area contributed by atoms with E-state index in [4.69, 9.17) is 8.83 Å². The quantitative estimate of drug-likeness (QED) is 0.164. The average molecular weight is 730 g/mol. The Bertz CT molecular complexity index is 3240. The van der Waals surface area contributed by atoms with Crippen LogP contribution >= 0.6 is 0 Å². The van der Waals surface area contributed by atoms with E-state index in [1.54, 1.807) is 0 Å². The van der Waals surface area contributed by atoms with Gasteiger partial charge >= 0.3 is 0 Å². The van der Waals surface area contributed by atoms with Crippen LogP contribution in [0.4, 0.5) is 17.1 Å². The lowest BCUT2D eigenvalue weighted by Crippen LogP contribution is -2.11. The van der Waals surface area contributed by atoms with Crippen LogP contribution in [0.1, 0.15) is 0 Å². The van der Waals surface area contributed by atoms with E-state index >= 15 is 0 Å².